The summed E-state index contributed by atoms with van der Waals surface area (Å²) in [7, 11) is 1.60. The molecule has 0 aliphatic rings. The first-order valence-electron chi connectivity index (χ1n) is 5.32. The Morgan fingerprint density at radius 3 is 2.94 bits per heavy atom. The minimum absolute atomic E-state index is 0.570. The van der Waals surface area contributed by atoms with Gasteiger partial charge >= 0.3 is 0 Å². The molecule has 0 radical (unpaired) electrons. The molecule has 0 unspecified atom stereocenters. The molecule has 90 valence electrons. The first kappa shape index (κ1) is 12.0. The third kappa shape index (κ3) is 2.43. The lowest BCUT2D eigenvalue weighted by molar-refractivity contribution is 0.415. The molecule has 5 heteroatoms. The van der Waals surface area contributed by atoms with Crippen LogP contribution in [0.2, 0.25) is 5.02 Å². The maximum absolute atomic E-state index is 6.09. The van der Waals surface area contributed by atoms with Gasteiger partial charge in [0.25, 0.3) is 0 Å². The molecular formula is C12H14ClN3O. The van der Waals surface area contributed by atoms with Gasteiger partial charge in [-0.3, -0.25) is 0 Å². The van der Waals surface area contributed by atoms with Crippen molar-refractivity contribution in [1.29, 1.82) is 0 Å². The number of ether oxygens (including phenoxy) is 1. The summed E-state index contributed by atoms with van der Waals surface area (Å²) < 4.78 is 7.09. The fraction of sp³-hybridized carbons (Fsp3) is 0.250. The molecule has 1 heterocycles. The fourth-order valence-electron chi connectivity index (χ4n) is 1.69. The first-order valence-corrected chi connectivity index (χ1v) is 5.70. The van der Waals surface area contributed by atoms with Crippen molar-refractivity contribution in [2.45, 2.75) is 6.42 Å². The molecule has 0 amide bonds. The lowest BCUT2D eigenvalue weighted by Gasteiger charge is -2.09. The van der Waals surface area contributed by atoms with Crippen LogP contribution in [0.15, 0.2) is 30.6 Å². The summed E-state index contributed by atoms with van der Waals surface area (Å²) in [4.78, 5) is 4.26. The van der Waals surface area contributed by atoms with Crippen molar-refractivity contribution in [2.75, 3.05) is 13.7 Å². The topological polar surface area (TPSA) is 53.1 Å². The molecule has 17 heavy (non-hydrogen) atoms. The molecule has 0 saturated heterocycles. The van der Waals surface area contributed by atoms with Crippen LogP contribution in [0, 0.1) is 0 Å². The second kappa shape index (κ2) is 5.21. The molecule has 0 aliphatic heterocycles. The summed E-state index contributed by atoms with van der Waals surface area (Å²) in [5.41, 5.74) is 6.50. The maximum atomic E-state index is 6.09. The highest BCUT2D eigenvalue weighted by Gasteiger charge is 2.07. The molecule has 1 aromatic heterocycles. The predicted molar refractivity (Wildman–Crippen MR) is 67.9 cm³/mol. The Hall–Kier alpha value is -1.52. The van der Waals surface area contributed by atoms with Crippen molar-refractivity contribution in [3.05, 3.63) is 41.4 Å². The fourth-order valence-corrected chi connectivity index (χ4v) is 1.94. The number of halogens is 1. The Kier molecular flexibility index (Phi) is 3.66. The number of hydrogen-bond acceptors (Lipinski definition) is 3. The maximum Gasteiger partial charge on any atom is 0.137 e. The van der Waals surface area contributed by atoms with Gasteiger partial charge in [-0.05, 0) is 24.7 Å². The smallest absolute Gasteiger partial charge is 0.137 e. The Balaban J connectivity index is 2.39. The van der Waals surface area contributed by atoms with E-state index in [0.29, 0.717) is 17.3 Å². The van der Waals surface area contributed by atoms with E-state index in [0.717, 1.165) is 17.9 Å². The number of nitrogens with zero attached hydrogens (tertiary/aromatic N) is 2. The molecule has 0 fully saturated rings. The second-order valence-electron chi connectivity index (χ2n) is 3.57. The molecule has 0 aliphatic carbocycles. The Bertz CT molecular complexity index is 510. The molecule has 2 N–H and O–H groups in total. The van der Waals surface area contributed by atoms with Gasteiger partial charge in [0.2, 0.25) is 0 Å². The molecule has 0 spiro atoms. The summed E-state index contributed by atoms with van der Waals surface area (Å²) in [6, 6.07) is 5.62. The summed E-state index contributed by atoms with van der Waals surface area (Å²) in [6.07, 6.45) is 4.38. The van der Waals surface area contributed by atoms with Crippen LogP contribution in [-0.4, -0.2) is 23.2 Å². The van der Waals surface area contributed by atoms with Crippen molar-refractivity contribution in [1.82, 2.24) is 9.55 Å². The lowest BCUT2D eigenvalue weighted by Crippen LogP contribution is -2.08. The molecule has 2 rings (SSSR count). The minimum atomic E-state index is 0.570. The van der Waals surface area contributed by atoms with Crippen LogP contribution in [0.1, 0.15) is 5.82 Å². The first-order chi connectivity index (χ1) is 8.26. The van der Waals surface area contributed by atoms with E-state index in [1.807, 2.05) is 29.0 Å². The number of imidazole rings is 1. The minimum Gasteiger partial charge on any atom is -0.495 e. The zero-order valence-electron chi connectivity index (χ0n) is 9.56. The Labute approximate surface area is 105 Å². The number of nitrogens with two attached hydrogens (primary N) is 1. The van der Waals surface area contributed by atoms with Gasteiger partial charge in [-0.15, -0.1) is 0 Å². The van der Waals surface area contributed by atoms with Crippen LogP contribution in [0.3, 0.4) is 0 Å². The number of benzene rings is 1. The van der Waals surface area contributed by atoms with E-state index in [-0.39, 0.29) is 0 Å². The number of methoxy groups -OCH3 is 1. The zero-order valence-corrected chi connectivity index (χ0v) is 10.3. The van der Waals surface area contributed by atoms with E-state index in [1.54, 1.807) is 13.3 Å². The Morgan fingerprint density at radius 2 is 2.29 bits per heavy atom. The van der Waals surface area contributed by atoms with Crippen LogP contribution in [0.5, 0.6) is 5.75 Å². The van der Waals surface area contributed by atoms with E-state index < -0.39 is 0 Å². The van der Waals surface area contributed by atoms with Crippen LogP contribution in [-0.2, 0) is 6.42 Å². The van der Waals surface area contributed by atoms with E-state index in [9.17, 15) is 0 Å². The average molecular weight is 252 g/mol. The molecule has 2 aromatic rings. The number of rotatable bonds is 4. The normalized spacial score (nSPS) is 10.5. The lowest BCUT2D eigenvalue weighted by atomic mass is 10.3. The average Bonchev–Trinajstić information content (AvgIpc) is 2.78. The van der Waals surface area contributed by atoms with Gasteiger partial charge in [-0.2, -0.15) is 0 Å². The van der Waals surface area contributed by atoms with Gasteiger partial charge in [-0.1, -0.05) is 11.6 Å². The van der Waals surface area contributed by atoms with E-state index in [2.05, 4.69) is 4.98 Å². The van der Waals surface area contributed by atoms with Gasteiger partial charge in [0.1, 0.15) is 11.6 Å². The molecule has 4 nitrogen and oxygen atoms in total. The largest absolute Gasteiger partial charge is 0.495 e. The van der Waals surface area contributed by atoms with E-state index >= 15 is 0 Å². The summed E-state index contributed by atoms with van der Waals surface area (Å²) in [6.45, 7) is 0.570. The molecule has 0 bridgehead atoms. The third-order valence-corrected chi connectivity index (χ3v) is 2.79. The second-order valence-corrected chi connectivity index (χ2v) is 3.98. The van der Waals surface area contributed by atoms with Crippen molar-refractivity contribution < 1.29 is 4.74 Å². The summed E-state index contributed by atoms with van der Waals surface area (Å²) >= 11 is 6.09. The van der Waals surface area contributed by atoms with Crippen molar-refractivity contribution in [3.63, 3.8) is 0 Å². The van der Waals surface area contributed by atoms with Gasteiger partial charge in [0.15, 0.2) is 0 Å². The van der Waals surface area contributed by atoms with Gasteiger partial charge in [0, 0.05) is 24.5 Å². The van der Waals surface area contributed by atoms with Crippen LogP contribution < -0.4 is 10.5 Å². The van der Waals surface area contributed by atoms with E-state index in [4.69, 9.17) is 22.1 Å². The molecule has 0 atom stereocenters. The molecular weight excluding hydrogens is 238 g/mol. The Morgan fingerprint density at radius 1 is 1.47 bits per heavy atom. The summed E-state index contributed by atoms with van der Waals surface area (Å²) in [5, 5.41) is 0.581. The monoisotopic (exact) mass is 251 g/mol. The standard InChI is InChI=1S/C12H14ClN3O/c1-17-11-3-2-9(8-10(11)13)16-7-6-15-12(16)4-5-14/h2-3,6-8H,4-5,14H2,1H3. The number of hydrogen-bond donors (Lipinski definition) is 1. The highest BCUT2D eigenvalue weighted by atomic mass is 35.5. The highest BCUT2D eigenvalue weighted by molar-refractivity contribution is 6.32. The van der Waals surface area contributed by atoms with Crippen LogP contribution >= 0.6 is 11.6 Å². The number of aromatic nitrogens is 2. The van der Waals surface area contributed by atoms with Crippen molar-refractivity contribution in [3.8, 4) is 11.4 Å². The van der Waals surface area contributed by atoms with Gasteiger partial charge in [0.05, 0.1) is 12.1 Å². The van der Waals surface area contributed by atoms with Crippen LogP contribution in [0.25, 0.3) is 5.69 Å². The van der Waals surface area contributed by atoms with Crippen molar-refractivity contribution >= 4 is 11.6 Å². The summed E-state index contributed by atoms with van der Waals surface area (Å²) in [5.74, 6) is 1.59. The predicted octanol–water partition coefficient (Wildman–Crippen LogP) is 2.04. The van der Waals surface area contributed by atoms with Gasteiger partial charge in [-0.25, -0.2) is 4.98 Å². The molecule has 0 saturated carbocycles. The SMILES string of the molecule is COc1ccc(-n2ccnc2CCN)cc1Cl. The quantitative estimate of drug-likeness (QED) is 0.905. The highest BCUT2D eigenvalue weighted by Crippen LogP contribution is 2.26. The molecule has 1 aromatic carbocycles. The zero-order chi connectivity index (χ0) is 12.3. The van der Waals surface area contributed by atoms with E-state index in [1.165, 1.54) is 0 Å². The van der Waals surface area contributed by atoms with Gasteiger partial charge < -0.3 is 15.0 Å². The van der Waals surface area contributed by atoms with Crippen molar-refractivity contribution in [2.24, 2.45) is 5.73 Å². The van der Waals surface area contributed by atoms with Crippen LogP contribution in [0.4, 0.5) is 0 Å². The third-order valence-electron chi connectivity index (χ3n) is 2.50.